The van der Waals surface area contributed by atoms with Gasteiger partial charge in [-0.1, -0.05) is 22.6 Å². The van der Waals surface area contributed by atoms with Gasteiger partial charge in [0.05, 0.1) is 5.75 Å². The maximum Gasteiger partial charge on any atom is 0.264 e. The van der Waals surface area contributed by atoms with Crippen molar-refractivity contribution in [3.63, 3.8) is 0 Å². The van der Waals surface area contributed by atoms with Crippen LogP contribution >= 0.6 is 22.6 Å². The van der Waals surface area contributed by atoms with Gasteiger partial charge in [-0.25, -0.2) is 0 Å². The minimum Gasteiger partial charge on any atom is -0.286 e. The molecule has 0 saturated carbocycles. The summed E-state index contributed by atoms with van der Waals surface area (Å²) >= 11 is 2.16. The molecule has 0 aromatic carbocycles. The van der Waals surface area contributed by atoms with Gasteiger partial charge in [0.15, 0.2) is 0 Å². The van der Waals surface area contributed by atoms with Gasteiger partial charge >= 0.3 is 0 Å². The van der Waals surface area contributed by atoms with Gasteiger partial charge in [0.2, 0.25) is 0 Å². The SMILES string of the molecule is O=S(=O)(O)CCCCI. The average Bonchev–Trinajstić information content (AvgIpc) is 1.63. The summed E-state index contributed by atoms with van der Waals surface area (Å²) in [5.41, 5.74) is 0. The number of hydrogen-bond acceptors (Lipinski definition) is 2. The molecule has 0 amide bonds. The molecule has 0 bridgehead atoms. The molecule has 0 fully saturated rings. The molecule has 0 aromatic heterocycles. The molecule has 0 spiro atoms. The minimum absolute atomic E-state index is 0.101. The van der Waals surface area contributed by atoms with E-state index >= 15 is 0 Å². The van der Waals surface area contributed by atoms with Crippen LogP contribution in [0.1, 0.15) is 12.8 Å². The van der Waals surface area contributed by atoms with E-state index in [-0.39, 0.29) is 5.75 Å². The second-order valence-electron chi connectivity index (χ2n) is 1.68. The van der Waals surface area contributed by atoms with Crippen molar-refractivity contribution in [2.24, 2.45) is 0 Å². The molecular weight excluding hydrogens is 255 g/mol. The number of hydrogen-bond donors (Lipinski definition) is 1. The quantitative estimate of drug-likeness (QED) is 0.358. The van der Waals surface area contributed by atoms with E-state index in [1.54, 1.807) is 0 Å². The normalized spacial score (nSPS) is 11.8. The summed E-state index contributed by atoms with van der Waals surface area (Å²) in [6.45, 7) is 0. The fourth-order valence-electron chi connectivity index (χ4n) is 0.379. The van der Waals surface area contributed by atoms with Crippen molar-refractivity contribution in [3.05, 3.63) is 0 Å². The highest BCUT2D eigenvalue weighted by Gasteiger charge is 2.01. The van der Waals surface area contributed by atoms with Crippen LogP contribution in [0.5, 0.6) is 0 Å². The van der Waals surface area contributed by atoms with Crippen molar-refractivity contribution in [3.8, 4) is 0 Å². The Balaban J connectivity index is 3.30. The van der Waals surface area contributed by atoms with Crippen LogP contribution in [0.15, 0.2) is 0 Å². The highest BCUT2D eigenvalue weighted by Crippen LogP contribution is 1.96. The predicted octanol–water partition coefficient (Wildman–Crippen LogP) is 1.09. The first kappa shape index (κ1) is 9.64. The summed E-state index contributed by atoms with van der Waals surface area (Å²) in [7, 11) is -3.70. The van der Waals surface area contributed by atoms with Gasteiger partial charge in [0, 0.05) is 0 Å². The Hall–Kier alpha value is 0.640. The largest absolute Gasteiger partial charge is 0.286 e. The lowest BCUT2D eigenvalue weighted by Crippen LogP contribution is -2.03. The summed E-state index contributed by atoms with van der Waals surface area (Å²) in [5.74, 6) is -0.101. The molecule has 0 saturated heterocycles. The lowest BCUT2D eigenvalue weighted by Gasteiger charge is -1.92. The zero-order valence-corrected chi connectivity index (χ0v) is 7.85. The first-order chi connectivity index (χ1) is 4.06. The molecule has 0 atom stereocenters. The molecule has 0 aliphatic carbocycles. The topological polar surface area (TPSA) is 54.4 Å². The number of unbranched alkanes of at least 4 members (excludes halogenated alkanes) is 1. The van der Waals surface area contributed by atoms with E-state index in [9.17, 15) is 8.42 Å². The second-order valence-corrected chi connectivity index (χ2v) is 4.33. The molecule has 0 aromatic rings. The second kappa shape index (κ2) is 4.45. The van der Waals surface area contributed by atoms with Crippen LogP contribution in [0, 0.1) is 0 Å². The van der Waals surface area contributed by atoms with Gasteiger partial charge in [0.1, 0.15) is 0 Å². The molecular formula is C4H9IO3S. The van der Waals surface area contributed by atoms with Crippen LogP contribution in [0.4, 0.5) is 0 Å². The van der Waals surface area contributed by atoms with E-state index in [0.29, 0.717) is 6.42 Å². The van der Waals surface area contributed by atoms with Gasteiger partial charge in [-0.05, 0) is 17.3 Å². The van der Waals surface area contributed by atoms with E-state index in [0.717, 1.165) is 10.8 Å². The highest BCUT2D eigenvalue weighted by molar-refractivity contribution is 14.1. The van der Waals surface area contributed by atoms with Crippen LogP contribution in [-0.4, -0.2) is 23.2 Å². The van der Waals surface area contributed by atoms with E-state index in [1.807, 2.05) is 0 Å². The monoisotopic (exact) mass is 264 g/mol. The smallest absolute Gasteiger partial charge is 0.264 e. The highest BCUT2D eigenvalue weighted by atomic mass is 127. The predicted molar refractivity (Wildman–Crippen MR) is 44.5 cm³/mol. The first-order valence-corrected chi connectivity index (χ1v) is 5.71. The molecule has 3 nitrogen and oxygen atoms in total. The third-order valence-electron chi connectivity index (χ3n) is 0.786. The Kier molecular flexibility index (Phi) is 4.77. The first-order valence-electron chi connectivity index (χ1n) is 2.57. The lowest BCUT2D eigenvalue weighted by molar-refractivity contribution is 0.481. The van der Waals surface area contributed by atoms with Crippen LogP contribution in [0.25, 0.3) is 0 Å². The van der Waals surface area contributed by atoms with E-state index in [1.165, 1.54) is 0 Å². The van der Waals surface area contributed by atoms with Crippen LogP contribution in [-0.2, 0) is 10.1 Å². The third kappa shape index (κ3) is 8.64. The van der Waals surface area contributed by atoms with Crippen molar-refractivity contribution < 1.29 is 13.0 Å². The van der Waals surface area contributed by atoms with Crippen LogP contribution in [0.3, 0.4) is 0 Å². The lowest BCUT2D eigenvalue weighted by atomic mass is 10.4. The van der Waals surface area contributed by atoms with Crippen LogP contribution < -0.4 is 0 Å². The standard InChI is InChI=1S/C4H9IO3S/c5-3-1-2-4-9(6,7)8/h1-4H2,(H,6,7,8). The van der Waals surface area contributed by atoms with Gasteiger partial charge in [-0.3, -0.25) is 4.55 Å². The van der Waals surface area contributed by atoms with Gasteiger partial charge in [-0.2, -0.15) is 8.42 Å². The van der Waals surface area contributed by atoms with Crippen molar-refractivity contribution in [2.75, 3.05) is 10.2 Å². The Bertz CT molecular complexity index is 151. The van der Waals surface area contributed by atoms with E-state index in [4.69, 9.17) is 4.55 Å². The van der Waals surface area contributed by atoms with Gasteiger partial charge in [-0.15, -0.1) is 0 Å². The molecule has 0 radical (unpaired) electrons. The summed E-state index contributed by atoms with van der Waals surface area (Å²) in [6.07, 6.45) is 1.40. The fourth-order valence-corrected chi connectivity index (χ4v) is 1.49. The minimum atomic E-state index is -3.70. The van der Waals surface area contributed by atoms with Gasteiger partial charge in [0.25, 0.3) is 10.1 Å². The summed E-state index contributed by atoms with van der Waals surface area (Å²) in [5, 5.41) is 0. The summed E-state index contributed by atoms with van der Waals surface area (Å²) in [4.78, 5) is 0. The number of alkyl halides is 1. The molecule has 0 rings (SSSR count). The Morgan fingerprint density at radius 3 is 2.22 bits per heavy atom. The summed E-state index contributed by atoms with van der Waals surface area (Å²) in [6, 6.07) is 0. The maximum absolute atomic E-state index is 10.1. The van der Waals surface area contributed by atoms with Gasteiger partial charge < -0.3 is 0 Å². The van der Waals surface area contributed by atoms with Crippen LogP contribution in [0.2, 0.25) is 0 Å². The molecule has 0 heterocycles. The molecule has 1 N–H and O–H groups in total. The zero-order valence-electron chi connectivity index (χ0n) is 4.88. The molecule has 5 heteroatoms. The van der Waals surface area contributed by atoms with Crippen molar-refractivity contribution in [1.29, 1.82) is 0 Å². The number of halogens is 1. The van der Waals surface area contributed by atoms with Crippen molar-refractivity contribution in [1.82, 2.24) is 0 Å². The molecule has 0 aliphatic rings. The van der Waals surface area contributed by atoms with E-state index < -0.39 is 10.1 Å². The summed E-state index contributed by atoms with van der Waals surface area (Å²) < 4.78 is 29.3. The van der Waals surface area contributed by atoms with Crippen molar-refractivity contribution in [2.45, 2.75) is 12.8 Å². The molecule has 9 heavy (non-hydrogen) atoms. The average molecular weight is 264 g/mol. The Morgan fingerprint density at radius 1 is 1.33 bits per heavy atom. The fraction of sp³-hybridized carbons (Fsp3) is 1.00. The Morgan fingerprint density at radius 2 is 1.89 bits per heavy atom. The van der Waals surface area contributed by atoms with E-state index in [2.05, 4.69) is 22.6 Å². The maximum atomic E-state index is 10.1. The number of rotatable bonds is 4. The molecule has 56 valence electrons. The van der Waals surface area contributed by atoms with Crippen molar-refractivity contribution >= 4 is 32.7 Å². The third-order valence-corrected chi connectivity index (χ3v) is 2.35. The zero-order chi connectivity index (χ0) is 7.33. The molecule has 0 unspecified atom stereocenters. The molecule has 0 aliphatic heterocycles. The Labute approximate surface area is 68.7 Å².